The molecule has 3 rings (SSSR count). The van der Waals surface area contributed by atoms with Crippen molar-refractivity contribution in [2.75, 3.05) is 23.8 Å². The second-order valence-electron chi connectivity index (χ2n) is 8.05. The lowest BCUT2D eigenvalue weighted by molar-refractivity contribution is -0.122. The monoisotopic (exact) mass is 476 g/mol. The summed E-state index contributed by atoms with van der Waals surface area (Å²) in [5, 5.41) is 5.75. The van der Waals surface area contributed by atoms with Crippen LogP contribution in [0.15, 0.2) is 60.7 Å². The molecule has 0 aliphatic rings. The van der Waals surface area contributed by atoms with E-state index in [9.17, 15) is 9.59 Å². The molecule has 0 spiro atoms. The normalized spacial score (nSPS) is 11.3. The maximum absolute atomic E-state index is 13.0. The summed E-state index contributed by atoms with van der Waals surface area (Å²) in [6.45, 7) is 10.1. The van der Waals surface area contributed by atoms with E-state index in [-0.39, 0.29) is 11.8 Å². The summed E-state index contributed by atoms with van der Waals surface area (Å²) < 4.78 is 17.4. The quantitative estimate of drug-likeness (QED) is 0.389. The van der Waals surface area contributed by atoms with Gasteiger partial charge in [-0.1, -0.05) is 35.9 Å². The standard InChI is InChI=1S/C28H32N2O5/c1-6-33-25-17-23(30-28(32)21-11-9-8-10-12-21)26(34-7-2)16-22(25)29-27(31)20(5)35-24-14-13-18(3)15-19(24)4/h8-17,20H,6-7H2,1-5H3,(H,29,31)(H,30,32). The number of aryl methyl sites for hydroxylation is 2. The van der Waals surface area contributed by atoms with Crippen LogP contribution in [0.5, 0.6) is 17.2 Å². The molecular weight excluding hydrogens is 444 g/mol. The highest BCUT2D eigenvalue weighted by Crippen LogP contribution is 2.37. The lowest BCUT2D eigenvalue weighted by Crippen LogP contribution is -2.30. The number of benzene rings is 3. The SMILES string of the molecule is CCOc1cc(NC(=O)C(C)Oc2ccc(C)cc2C)c(OCC)cc1NC(=O)c1ccccc1. The third-order valence-electron chi connectivity index (χ3n) is 5.23. The van der Waals surface area contributed by atoms with Crippen molar-refractivity contribution in [3.8, 4) is 17.2 Å². The van der Waals surface area contributed by atoms with Crippen LogP contribution in [0.2, 0.25) is 0 Å². The molecule has 0 aliphatic heterocycles. The molecule has 0 radical (unpaired) electrons. The second-order valence-corrected chi connectivity index (χ2v) is 8.05. The highest BCUT2D eigenvalue weighted by atomic mass is 16.5. The molecule has 184 valence electrons. The van der Waals surface area contributed by atoms with Gasteiger partial charge in [-0.3, -0.25) is 9.59 Å². The minimum Gasteiger partial charge on any atom is -0.492 e. The van der Waals surface area contributed by atoms with Gasteiger partial charge in [0.2, 0.25) is 0 Å². The topological polar surface area (TPSA) is 85.9 Å². The van der Waals surface area contributed by atoms with Crippen molar-refractivity contribution in [2.24, 2.45) is 0 Å². The minimum atomic E-state index is -0.751. The summed E-state index contributed by atoms with van der Waals surface area (Å²) in [5.74, 6) is 0.859. The van der Waals surface area contributed by atoms with E-state index in [1.165, 1.54) is 0 Å². The summed E-state index contributed by atoms with van der Waals surface area (Å²) in [5.41, 5.74) is 3.46. The van der Waals surface area contributed by atoms with Gasteiger partial charge >= 0.3 is 0 Å². The van der Waals surface area contributed by atoms with Crippen molar-refractivity contribution in [1.82, 2.24) is 0 Å². The van der Waals surface area contributed by atoms with Crippen molar-refractivity contribution in [3.63, 3.8) is 0 Å². The van der Waals surface area contributed by atoms with E-state index in [1.54, 1.807) is 43.3 Å². The minimum absolute atomic E-state index is 0.277. The Morgan fingerprint density at radius 1 is 0.800 bits per heavy atom. The molecule has 0 bridgehead atoms. The van der Waals surface area contributed by atoms with Gasteiger partial charge in [-0.2, -0.15) is 0 Å². The molecule has 7 heteroatoms. The molecule has 7 nitrogen and oxygen atoms in total. The lowest BCUT2D eigenvalue weighted by Gasteiger charge is -2.20. The van der Waals surface area contributed by atoms with Crippen LogP contribution in [0.25, 0.3) is 0 Å². The van der Waals surface area contributed by atoms with Gasteiger partial charge in [0.15, 0.2) is 6.10 Å². The number of carbonyl (C=O) groups excluding carboxylic acids is 2. The number of anilines is 2. The van der Waals surface area contributed by atoms with E-state index in [0.717, 1.165) is 11.1 Å². The molecular formula is C28H32N2O5. The first-order valence-corrected chi connectivity index (χ1v) is 11.7. The van der Waals surface area contributed by atoms with Crippen LogP contribution in [-0.4, -0.2) is 31.1 Å². The molecule has 3 aromatic rings. The Balaban J connectivity index is 1.84. The van der Waals surface area contributed by atoms with Crippen molar-refractivity contribution in [1.29, 1.82) is 0 Å². The van der Waals surface area contributed by atoms with Crippen LogP contribution in [0, 0.1) is 13.8 Å². The van der Waals surface area contributed by atoms with Crippen LogP contribution < -0.4 is 24.8 Å². The third kappa shape index (κ3) is 6.76. The summed E-state index contributed by atoms with van der Waals surface area (Å²) in [4.78, 5) is 25.7. The van der Waals surface area contributed by atoms with Crippen molar-refractivity contribution >= 4 is 23.2 Å². The Morgan fingerprint density at radius 2 is 1.40 bits per heavy atom. The fourth-order valence-corrected chi connectivity index (χ4v) is 3.50. The molecule has 0 fully saturated rings. The third-order valence-corrected chi connectivity index (χ3v) is 5.23. The van der Waals surface area contributed by atoms with Gasteiger partial charge in [-0.05, 0) is 58.4 Å². The van der Waals surface area contributed by atoms with E-state index >= 15 is 0 Å². The van der Waals surface area contributed by atoms with E-state index in [0.29, 0.717) is 47.4 Å². The molecule has 0 heterocycles. The lowest BCUT2D eigenvalue weighted by atomic mass is 10.1. The van der Waals surface area contributed by atoms with Gasteiger partial charge in [0.25, 0.3) is 11.8 Å². The predicted molar refractivity (Wildman–Crippen MR) is 138 cm³/mol. The highest BCUT2D eigenvalue weighted by Gasteiger charge is 2.21. The van der Waals surface area contributed by atoms with Gasteiger partial charge < -0.3 is 24.8 Å². The molecule has 1 atom stereocenters. The summed E-state index contributed by atoms with van der Waals surface area (Å²) in [6.07, 6.45) is -0.751. The summed E-state index contributed by atoms with van der Waals surface area (Å²) in [7, 11) is 0. The number of carbonyl (C=O) groups is 2. The molecule has 0 saturated heterocycles. The number of hydrogen-bond acceptors (Lipinski definition) is 5. The zero-order valence-electron chi connectivity index (χ0n) is 20.8. The van der Waals surface area contributed by atoms with Crippen LogP contribution in [0.3, 0.4) is 0 Å². The van der Waals surface area contributed by atoms with Crippen molar-refractivity contribution in [3.05, 3.63) is 77.4 Å². The molecule has 35 heavy (non-hydrogen) atoms. The van der Waals surface area contributed by atoms with Crippen LogP contribution in [-0.2, 0) is 4.79 Å². The Bertz CT molecular complexity index is 1180. The smallest absolute Gasteiger partial charge is 0.265 e. The van der Waals surface area contributed by atoms with Crippen LogP contribution in [0.4, 0.5) is 11.4 Å². The molecule has 2 N–H and O–H groups in total. The molecule has 0 aromatic heterocycles. The number of hydrogen-bond donors (Lipinski definition) is 2. The Hall–Kier alpha value is -4.00. The Kier molecular flexibility index (Phi) is 8.73. The molecule has 0 saturated carbocycles. The molecule has 3 aromatic carbocycles. The second kappa shape index (κ2) is 11.9. The largest absolute Gasteiger partial charge is 0.492 e. The number of rotatable bonds is 10. The number of amides is 2. The van der Waals surface area contributed by atoms with Crippen LogP contribution >= 0.6 is 0 Å². The van der Waals surface area contributed by atoms with Crippen LogP contribution in [0.1, 0.15) is 42.3 Å². The fourth-order valence-electron chi connectivity index (χ4n) is 3.50. The number of ether oxygens (including phenoxy) is 3. The maximum Gasteiger partial charge on any atom is 0.265 e. The van der Waals surface area contributed by atoms with Crippen molar-refractivity contribution in [2.45, 2.75) is 40.7 Å². The average Bonchev–Trinajstić information content (AvgIpc) is 2.84. The molecule has 2 amide bonds. The van der Waals surface area contributed by atoms with Gasteiger partial charge in [-0.15, -0.1) is 0 Å². The molecule has 0 aliphatic carbocycles. The first-order chi connectivity index (χ1) is 16.8. The van der Waals surface area contributed by atoms with Gasteiger partial charge in [0, 0.05) is 17.7 Å². The van der Waals surface area contributed by atoms with E-state index in [4.69, 9.17) is 14.2 Å². The maximum atomic E-state index is 13.0. The predicted octanol–water partition coefficient (Wildman–Crippen LogP) is 5.76. The van der Waals surface area contributed by atoms with Gasteiger partial charge in [0.05, 0.1) is 24.6 Å². The zero-order chi connectivity index (χ0) is 25.4. The highest BCUT2D eigenvalue weighted by molar-refractivity contribution is 6.05. The van der Waals surface area contributed by atoms with E-state index < -0.39 is 6.10 Å². The fraction of sp³-hybridized carbons (Fsp3) is 0.286. The Morgan fingerprint density at radius 3 is 1.97 bits per heavy atom. The first kappa shape index (κ1) is 25.6. The zero-order valence-corrected chi connectivity index (χ0v) is 20.8. The summed E-state index contributed by atoms with van der Waals surface area (Å²) >= 11 is 0. The van der Waals surface area contributed by atoms with Gasteiger partial charge in [-0.25, -0.2) is 0 Å². The van der Waals surface area contributed by atoms with E-state index in [2.05, 4.69) is 10.6 Å². The average molecular weight is 477 g/mol. The van der Waals surface area contributed by atoms with Crippen molar-refractivity contribution < 1.29 is 23.8 Å². The Labute approximate surface area is 206 Å². The van der Waals surface area contributed by atoms with Gasteiger partial charge in [0.1, 0.15) is 17.2 Å². The van der Waals surface area contributed by atoms with E-state index in [1.807, 2.05) is 52.0 Å². The first-order valence-electron chi connectivity index (χ1n) is 11.7. The molecule has 1 unspecified atom stereocenters. The number of nitrogens with one attached hydrogen (secondary N) is 2. The summed E-state index contributed by atoms with van der Waals surface area (Å²) in [6, 6.07) is 18.0.